The van der Waals surface area contributed by atoms with Crippen LogP contribution in [0.15, 0.2) is 95.9 Å². The summed E-state index contributed by atoms with van der Waals surface area (Å²) in [5.74, 6) is 0.124. The first kappa shape index (κ1) is 25.2. The maximum Gasteiger partial charge on any atom is 0.343 e. The van der Waals surface area contributed by atoms with E-state index in [-0.39, 0.29) is 23.7 Å². The smallest absolute Gasteiger partial charge is 0.343 e. The number of carbonyl (C=O) groups excluding carboxylic acids is 1. The van der Waals surface area contributed by atoms with Crippen LogP contribution in [0.25, 0.3) is 10.3 Å². The van der Waals surface area contributed by atoms with Crippen LogP contribution in [0, 0.1) is 0 Å². The van der Waals surface area contributed by atoms with Gasteiger partial charge in [0.25, 0.3) is 0 Å². The number of esters is 1. The fraction of sp³-hybridized carbons (Fsp3) is 0.167. The van der Waals surface area contributed by atoms with E-state index < -0.39 is 11.4 Å². The van der Waals surface area contributed by atoms with Gasteiger partial charge in [0.05, 0.1) is 19.8 Å². The highest BCUT2D eigenvalue weighted by Gasteiger charge is 2.25. The number of nitrogens with zero attached hydrogens (tertiary/aromatic N) is 2. The molecule has 0 amide bonds. The summed E-state index contributed by atoms with van der Waals surface area (Å²) in [5.41, 5.74) is 2.82. The van der Waals surface area contributed by atoms with Gasteiger partial charge in [0, 0.05) is 12.7 Å². The molecule has 0 aliphatic carbocycles. The monoisotopic (exact) mass is 525 g/mol. The summed E-state index contributed by atoms with van der Waals surface area (Å²) in [6.07, 6.45) is 1.61. The largest absolute Gasteiger partial charge is 0.497 e. The van der Waals surface area contributed by atoms with Gasteiger partial charge in [-0.1, -0.05) is 84.1 Å². The zero-order valence-electron chi connectivity index (χ0n) is 21.1. The van der Waals surface area contributed by atoms with Crippen LogP contribution in [0.5, 0.6) is 5.75 Å². The lowest BCUT2D eigenvalue weighted by atomic mass is 9.98. The zero-order valence-corrected chi connectivity index (χ0v) is 21.9. The number of carbonyl (C=O) groups is 1. The molecule has 0 atom stereocenters. The van der Waals surface area contributed by atoms with Gasteiger partial charge in [-0.15, -0.1) is 0 Å². The number of anilines is 1. The van der Waals surface area contributed by atoms with Crippen molar-refractivity contribution < 1.29 is 14.3 Å². The Labute approximate surface area is 224 Å². The van der Waals surface area contributed by atoms with E-state index in [4.69, 9.17) is 9.47 Å². The second kappa shape index (κ2) is 11.3. The van der Waals surface area contributed by atoms with Gasteiger partial charge in [-0.25, -0.2) is 9.78 Å². The number of hydrogen-bond donors (Lipinski definition) is 1. The van der Waals surface area contributed by atoms with Crippen molar-refractivity contribution in [2.75, 3.05) is 19.0 Å². The third kappa shape index (κ3) is 5.17. The zero-order chi connectivity index (χ0) is 26.5. The number of hydrogen-bond acceptors (Lipinski definition) is 7. The first-order valence-corrected chi connectivity index (χ1v) is 13.1. The maximum absolute atomic E-state index is 13.4. The second-order valence-electron chi connectivity index (χ2n) is 8.60. The highest BCUT2D eigenvalue weighted by Crippen LogP contribution is 2.33. The fourth-order valence-corrected chi connectivity index (χ4v) is 5.31. The summed E-state index contributed by atoms with van der Waals surface area (Å²) in [6, 6.07) is 27.4. The first-order chi connectivity index (χ1) is 18.6. The molecular formula is C30H27N3O4S. The molecule has 2 aromatic heterocycles. The lowest BCUT2D eigenvalue weighted by Crippen LogP contribution is -2.23. The van der Waals surface area contributed by atoms with Crippen LogP contribution >= 0.6 is 11.3 Å². The van der Waals surface area contributed by atoms with Gasteiger partial charge >= 0.3 is 5.97 Å². The van der Waals surface area contributed by atoms with E-state index in [1.165, 1.54) is 11.3 Å². The Morgan fingerprint density at radius 3 is 2.18 bits per heavy atom. The summed E-state index contributed by atoms with van der Waals surface area (Å²) in [5, 5.41) is 3.92. The Kier molecular flexibility index (Phi) is 7.51. The van der Waals surface area contributed by atoms with Crippen LogP contribution in [-0.2, 0) is 11.3 Å². The highest BCUT2D eigenvalue weighted by molar-refractivity contribution is 7.21. The molecule has 192 valence electrons. The molecule has 1 N–H and O–H groups in total. The van der Waals surface area contributed by atoms with E-state index in [2.05, 4.69) is 10.3 Å². The molecule has 7 nitrogen and oxygen atoms in total. The molecule has 0 spiro atoms. The molecule has 0 aliphatic rings. The van der Waals surface area contributed by atoms with Crippen molar-refractivity contribution >= 4 is 32.8 Å². The molecule has 0 radical (unpaired) electrons. The fourth-order valence-electron chi connectivity index (χ4n) is 4.35. The number of ether oxygens (including phenoxy) is 2. The number of fused-ring (bicyclic) bond motifs is 1. The number of aromatic nitrogens is 2. The summed E-state index contributed by atoms with van der Waals surface area (Å²) >= 11 is 1.38. The maximum atomic E-state index is 13.4. The molecular weight excluding hydrogens is 498 g/mol. The summed E-state index contributed by atoms with van der Waals surface area (Å²) in [4.78, 5) is 31.6. The van der Waals surface area contributed by atoms with Crippen molar-refractivity contribution in [1.29, 1.82) is 0 Å². The number of pyridine rings is 1. The van der Waals surface area contributed by atoms with Crippen molar-refractivity contribution in [3.05, 3.63) is 124 Å². The average molecular weight is 526 g/mol. The van der Waals surface area contributed by atoms with Gasteiger partial charge in [-0.3, -0.25) is 4.79 Å². The molecule has 0 bridgehead atoms. The molecule has 0 saturated carbocycles. The van der Waals surface area contributed by atoms with Crippen LogP contribution in [0.2, 0.25) is 0 Å². The van der Waals surface area contributed by atoms with E-state index in [0.717, 1.165) is 22.4 Å². The molecule has 0 saturated heterocycles. The van der Waals surface area contributed by atoms with Crippen LogP contribution < -0.4 is 15.5 Å². The van der Waals surface area contributed by atoms with E-state index in [1.807, 2.05) is 89.5 Å². The van der Waals surface area contributed by atoms with Crippen molar-refractivity contribution in [2.45, 2.75) is 19.5 Å². The normalized spacial score (nSPS) is 11.0. The van der Waals surface area contributed by atoms with Gasteiger partial charge in [-0.05, 0) is 35.7 Å². The van der Waals surface area contributed by atoms with Gasteiger partial charge in [0.1, 0.15) is 21.7 Å². The average Bonchev–Trinajstić information content (AvgIpc) is 3.40. The molecule has 0 unspecified atom stereocenters. The quantitative estimate of drug-likeness (QED) is 0.242. The van der Waals surface area contributed by atoms with Gasteiger partial charge < -0.3 is 19.4 Å². The van der Waals surface area contributed by atoms with Gasteiger partial charge in [0.2, 0.25) is 5.43 Å². The molecule has 5 rings (SSSR count). The standard InChI is InChI=1S/C30H27N3O4S/c1-3-37-29(35)24-19-33(26(21-10-6-4-7-11-21)22-12-8-5-9-13-22)28-25(27(24)34)32-30(38-28)31-18-20-14-16-23(36-2)17-15-20/h4-17,19,26H,3,18H2,1-2H3,(H,31,32). The second-order valence-corrected chi connectivity index (χ2v) is 9.58. The van der Waals surface area contributed by atoms with E-state index in [1.54, 1.807) is 20.2 Å². The molecule has 38 heavy (non-hydrogen) atoms. The lowest BCUT2D eigenvalue weighted by molar-refractivity contribution is 0.0524. The van der Waals surface area contributed by atoms with Crippen LogP contribution in [0.4, 0.5) is 5.13 Å². The van der Waals surface area contributed by atoms with Gasteiger partial charge in [-0.2, -0.15) is 0 Å². The Morgan fingerprint density at radius 1 is 0.974 bits per heavy atom. The van der Waals surface area contributed by atoms with Crippen LogP contribution in [0.1, 0.15) is 40.0 Å². The predicted molar refractivity (Wildman–Crippen MR) is 150 cm³/mol. The summed E-state index contributed by atoms with van der Waals surface area (Å²) in [6.45, 7) is 2.40. The van der Waals surface area contributed by atoms with Crippen LogP contribution in [-0.4, -0.2) is 29.2 Å². The molecule has 2 heterocycles. The third-order valence-corrected chi connectivity index (χ3v) is 7.21. The van der Waals surface area contributed by atoms with E-state index in [0.29, 0.717) is 16.5 Å². The number of methoxy groups -OCH3 is 1. The molecule has 0 fully saturated rings. The topological polar surface area (TPSA) is 82.4 Å². The third-order valence-electron chi connectivity index (χ3n) is 6.18. The lowest BCUT2D eigenvalue weighted by Gasteiger charge is -2.23. The summed E-state index contributed by atoms with van der Waals surface area (Å²) < 4.78 is 12.4. The van der Waals surface area contributed by atoms with E-state index >= 15 is 0 Å². The van der Waals surface area contributed by atoms with Crippen LogP contribution in [0.3, 0.4) is 0 Å². The molecule has 3 aromatic carbocycles. The Bertz CT molecular complexity index is 1560. The molecule has 8 heteroatoms. The number of benzene rings is 3. The molecule has 5 aromatic rings. The Balaban J connectivity index is 1.64. The highest BCUT2D eigenvalue weighted by atomic mass is 32.1. The Hall–Kier alpha value is -4.43. The minimum absolute atomic E-state index is 0.0387. The van der Waals surface area contributed by atoms with Gasteiger partial charge in [0.15, 0.2) is 5.13 Å². The predicted octanol–water partition coefficient (Wildman–Crippen LogP) is 5.89. The van der Waals surface area contributed by atoms with Crippen molar-refractivity contribution in [3.8, 4) is 5.75 Å². The number of nitrogens with one attached hydrogen (secondary N) is 1. The summed E-state index contributed by atoms with van der Waals surface area (Å²) in [7, 11) is 1.63. The first-order valence-electron chi connectivity index (χ1n) is 12.3. The minimum Gasteiger partial charge on any atom is -0.497 e. The molecule has 0 aliphatic heterocycles. The van der Waals surface area contributed by atoms with E-state index in [9.17, 15) is 9.59 Å². The van der Waals surface area contributed by atoms with Crippen molar-refractivity contribution in [2.24, 2.45) is 0 Å². The van der Waals surface area contributed by atoms with Crippen molar-refractivity contribution in [3.63, 3.8) is 0 Å². The SMILES string of the molecule is CCOC(=O)c1cn(C(c2ccccc2)c2ccccc2)c2sc(NCc3ccc(OC)cc3)nc2c1=O. The van der Waals surface area contributed by atoms with Crippen molar-refractivity contribution in [1.82, 2.24) is 9.55 Å². The number of thiazole rings is 1. The number of rotatable bonds is 9. The Morgan fingerprint density at radius 2 is 1.61 bits per heavy atom. The minimum atomic E-state index is -0.659.